The molecule has 5 heteroatoms. The summed E-state index contributed by atoms with van der Waals surface area (Å²) >= 11 is 0. The molecule has 1 aromatic heterocycles. The summed E-state index contributed by atoms with van der Waals surface area (Å²) in [6, 6.07) is 14.4. The van der Waals surface area contributed by atoms with E-state index in [4.69, 9.17) is 4.74 Å². The van der Waals surface area contributed by atoms with Crippen LogP contribution in [0.3, 0.4) is 0 Å². The number of nitrogens with zero attached hydrogens (tertiary/aromatic N) is 2. The number of Topliss-reactive ketones (excluding diaryl/α,β-unsaturated/α-hetero) is 1. The molecule has 0 fully saturated rings. The number of fused-ring (bicyclic) bond motifs is 1. The van der Waals surface area contributed by atoms with Crippen LogP contribution in [0.25, 0.3) is 28.1 Å². The molecule has 0 spiro atoms. The Bertz CT molecular complexity index is 952. The molecule has 0 aliphatic carbocycles. The number of rotatable bonds is 4. The topological polar surface area (TPSA) is 61.2 Å². The summed E-state index contributed by atoms with van der Waals surface area (Å²) in [7, 11) is 1.34. The highest BCUT2D eigenvalue weighted by molar-refractivity contribution is 6.15. The highest BCUT2D eigenvalue weighted by atomic mass is 16.5. The lowest BCUT2D eigenvalue weighted by atomic mass is 10.1. The number of imidazole rings is 1. The lowest BCUT2D eigenvalue weighted by Crippen LogP contribution is -2.06. The van der Waals surface area contributed by atoms with Gasteiger partial charge in [0, 0.05) is 12.5 Å². The second-order valence-corrected chi connectivity index (χ2v) is 5.33. The molecular formula is C19H16N2O3. The third-order valence-corrected chi connectivity index (χ3v) is 3.80. The van der Waals surface area contributed by atoms with Gasteiger partial charge in [-0.2, -0.15) is 0 Å². The first-order valence-corrected chi connectivity index (χ1v) is 7.39. The van der Waals surface area contributed by atoms with Crippen molar-refractivity contribution in [2.45, 2.75) is 6.92 Å². The van der Waals surface area contributed by atoms with Crippen LogP contribution in [0, 0.1) is 0 Å². The van der Waals surface area contributed by atoms with Crippen molar-refractivity contribution in [3.05, 3.63) is 60.7 Å². The highest BCUT2D eigenvalue weighted by Crippen LogP contribution is 2.28. The smallest absolute Gasteiger partial charge is 0.337 e. The van der Waals surface area contributed by atoms with Crippen molar-refractivity contribution in [3.8, 4) is 11.4 Å². The van der Waals surface area contributed by atoms with Crippen molar-refractivity contribution in [1.82, 2.24) is 9.55 Å². The van der Waals surface area contributed by atoms with Crippen LogP contribution in [0.1, 0.15) is 17.3 Å². The van der Waals surface area contributed by atoms with E-state index in [1.165, 1.54) is 14.0 Å². The molecular weight excluding hydrogens is 304 g/mol. The molecule has 0 amide bonds. The zero-order valence-corrected chi connectivity index (χ0v) is 13.4. The van der Waals surface area contributed by atoms with E-state index in [0.29, 0.717) is 17.1 Å². The van der Waals surface area contributed by atoms with Gasteiger partial charge < -0.3 is 4.74 Å². The Hall–Kier alpha value is -3.21. The Morgan fingerprint density at radius 1 is 1.08 bits per heavy atom. The van der Waals surface area contributed by atoms with Crippen molar-refractivity contribution in [2.24, 2.45) is 0 Å². The lowest BCUT2D eigenvalue weighted by Gasteiger charge is -2.10. The van der Waals surface area contributed by atoms with E-state index in [0.717, 1.165) is 16.6 Å². The van der Waals surface area contributed by atoms with Crippen LogP contribution in [0.4, 0.5) is 0 Å². The Morgan fingerprint density at radius 3 is 2.38 bits per heavy atom. The zero-order valence-electron chi connectivity index (χ0n) is 13.4. The molecule has 0 atom stereocenters. The maximum atomic E-state index is 11.8. The maximum absolute atomic E-state index is 11.8. The van der Waals surface area contributed by atoms with Crippen molar-refractivity contribution in [1.29, 1.82) is 0 Å². The number of ether oxygens (including phenoxy) is 1. The number of carbonyl (C=O) groups excluding carboxylic acids is 2. The number of para-hydroxylation sites is 2. The zero-order chi connectivity index (χ0) is 17.3. The van der Waals surface area contributed by atoms with Crippen LogP contribution in [0.2, 0.25) is 0 Å². The molecule has 0 N–H and O–H groups in total. The van der Waals surface area contributed by atoms with E-state index in [2.05, 4.69) is 11.6 Å². The quantitative estimate of drug-likeness (QED) is 0.545. The van der Waals surface area contributed by atoms with E-state index in [9.17, 15) is 9.59 Å². The molecule has 1 heterocycles. The number of hydrogen-bond acceptors (Lipinski definition) is 4. The monoisotopic (exact) mass is 320 g/mol. The van der Waals surface area contributed by atoms with Crippen molar-refractivity contribution in [3.63, 3.8) is 0 Å². The molecule has 2 aromatic carbocycles. The van der Waals surface area contributed by atoms with E-state index >= 15 is 0 Å². The van der Waals surface area contributed by atoms with E-state index < -0.39 is 5.97 Å². The van der Waals surface area contributed by atoms with Gasteiger partial charge in [0.1, 0.15) is 5.82 Å². The van der Waals surface area contributed by atoms with E-state index in [-0.39, 0.29) is 5.78 Å². The van der Waals surface area contributed by atoms with E-state index in [1.54, 1.807) is 28.8 Å². The second-order valence-electron chi connectivity index (χ2n) is 5.33. The minimum atomic E-state index is -0.400. The first kappa shape index (κ1) is 15.7. The molecule has 5 nitrogen and oxygen atoms in total. The van der Waals surface area contributed by atoms with E-state index in [1.807, 2.05) is 24.3 Å². The van der Waals surface area contributed by atoms with Crippen molar-refractivity contribution >= 4 is 28.5 Å². The number of aromatic nitrogens is 2. The first-order valence-electron chi connectivity index (χ1n) is 7.39. The summed E-state index contributed by atoms with van der Waals surface area (Å²) in [5, 5.41) is 0. The van der Waals surface area contributed by atoms with Gasteiger partial charge in [-0.05, 0) is 24.3 Å². The molecule has 0 radical (unpaired) electrons. The fourth-order valence-corrected chi connectivity index (χ4v) is 2.52. The minimum Gasteiger partial charge on any atom is -0.465 e. The Balaban J connectivity index is 2.18. The fourth-order valence-electron chi connectivity index (χ4n) is 2.52. The molecule has 0 aliphatic heterocycles. The average Bonchev–Trinajstić information content (AvgIpc) is 2.99. The number of carbonyl (C=O) groups is 2. The summed E-state index contributed by atoms with van der Waals surface area (Å²) in [6.07, 6.45) is 0. The number of allylic oxidation sites excluding steroid dienone is 1. The number of esters is 1. The summed E-state index contributed by atoms with van der Waals surface area (Å²) < 4.78 is 6.45. The average molecular weight is 320 g/mol. The first-order chi connectivity index (χ1) is 11.5. The van der Waals surface area contributed by atoms with Crippen LogP contribution in [0.15, 0.2) is 55.1 Å². The molecule has 3 aromatic rings. The van der Waals surface area contributed by atoms with Gasteiger partial charge in [-0.1, -0.05) is 30.8 Å². The number of ketones is 1. The third kappa shape index (κ3) is 2.60. The predicted molar refractivity (Wildman–Crippen MR) is 92.5 cm³/mol. The lowest BCUT2D eigenvalue weighted by molar-refractivity contribution is -0.112. The standard InChI is InChI=1S/C19H16N2O3/c1-12(13(2)22)21-17-7-5-4-6-16(17)20-18(21)14-8-10-15(11-9-14)19(23)24-3/h4-11H,1H2,2-3H3. The van der Waals surface area contributed by atoms with Gasteiger partial charge in [-0.15, -0.1) is 0 Å². The van der Waals surface area contributed by atoms with Gasteiger partial charge in [-0.25, -0.2) is 9.78 Å². The Morgan fingerprint density at radius 2 is 1.75 bits per heavy atom. The maximum Gasteiger partial charge on any atom is 0.337 e. The summed E-state index contributed by atoms with van der Waals surface area (Å²) in [6.45, 7) is 5.36. The number of methoxy groups -OCH3 is 1. The van der Waals surface area contributed by atoms with Gasteiger partial charge >= 0.3 is 5.97 Å². The Labute approximate surface area is 139 Å². The van der Waals surface area contributed by atoms with Gasteiger partial charge in [0.25, 0.3) is 0 Å². The number of hydrogen-bond donors (Lipinski definition) is 0. The van der Waals surface area contributed by atoms with Gasteiger partial charge in [0.15, 0.2) is 5.78 Å². The fraction of sp³-hybridized carbons (Fsp3) is 0.105. The van der Waals surface area contributed by atoms with Gasteiger partial charge in [-0.3, -0.25) is 9.36 Å². The molecule has 0 unspecified atom stereocenters. The van der Waals surface area contributed by atoms with Crippen LogP contribution >= 0.6 is 0 Å². The van der Waals surface area contributed by atoms with Crippen molar-refractivity contribution < 1.29 is 14.3 Å². The molecule has 24 heavy (non-hydrogen) atoms. The van der Waals surface area contributed by atoms with Gasteiger partial charge in [0.05, 0.1) is 29.4 Å². The van der Waals surface area contributed by atoms with Crippen molar-refractivity contribution in [2.75, 3.05) is 7.11 Å². The molecule has 120 valence electrons. The van der Waals surface area contributed by atoms with Crippen LogP contribution < -0.4 is 0 Å². The highest BCUT2D eigenvalue weighted by Gasteiger charge is 2.17. The minimum absolute atomic E-state index is 0.134. The summed E-state index contributed by atoms with van der Waals surface area (Å²) in [4.78, 5) is 28.0. The van der Waals surface area contributed by atoms with Crippen LogP contribution in [-0.4, -0.2) is 28.4 Å². The third-order valence-electron chi connectivity index (χ3n) is 3.80. The molecule has 0 bridgehead atoms. The number of benzene rings is 2. The van der Waals surface area contributed by atoms with Gasteiger partial charge in [0.2, 0.25) is 0 Å². The SMILES string of the molecule is C=C(C(C)=O)n1c(-c2ccc(C(=O)OC)cc2)nc2ccccc21. The normalized spacial score (nSPS) is 10.6. The summed E-state index contributed by atoms with van der Waals surface area (Å²) in [5.41, 5.74) is 3.16. The molecule has 3 rings (SSSR count). The molecule has 0 saturated heterocycles. The van der Waals surface area contributed by atoms with Crippen LogP contribution in [0.5, 0.6) is 0 Å². The second kappa shape index (κ2) is 6.12. The largest absolute Gasteiger partial charge is 0.465 e. The molecule has 0 aliphatic rings. The summed E-state index contributed by atoms with van der Waals surface area (Å²) in [5.74, 6) is 0.0709. The predicted octanol–water partition coefficient (Wildman–Crippen LogP) is 3.55. The Kier molecular flexibility index (Phi) is 4.00. The van der Waals surface area contributed by atoms with Crippen LogP contribution in [-0.2, 0) is 9.53 Å². The molecule has 0 saturated carbocycles.